The van der Waals surface area contributed by atoms with E-state index in [1.165, 1.54) is 57.8 Å². The van der Waals surface area contributed by atoms with Crippen LogP contribution in [0.25, 0.3) is 0 Å². The Bertz CT molecular complexity index is 1310. The lowest BCUT2D eigenvalue weighted by atomic mass is 10.1. The van der Waals surface area contributed by atoms with Crippen LogP contribution >= 0.6 is 7.82 Å². The normalized spacial score (nSPS) is 14.3. The maximum Gasteiger partial charge on any atom is 0.472 e. The number of phosphoric acid groups is 1. The summed E-state index contributed by atoms with van der Waals surface area (Å²) < 4.78 is 32.7. The van der Waals surface area contributed by atoms with Gasteiger partial charge in [0.2, 0.25) is 0 Å². The zero-order valence-corrected chi connectivity index (χ0v) is 38.3. The molecule has 0 aromatic heterocycles. The number of carbonyl (C=O) groups excluding carboxylic acids is 2. The van der Waals surface area contributed by atoms with Gasteiger partial charge in [0.05, 0.1) is 13.2 Å². The van der Waals surface area contributed by atoms with E-state index >= 15 is 0 Å². The lowest BCUT2D eigenvalue weighted by molar-refractivity contribution is -0.161. The molecule has 0 heterocycles. The second-order valence-electron chi connectivity index (χ2n) is 15.3. The van der Waals surface area contributed by atoms with Gasteiger partial charge in [-0.05, 0) is 89.9 Å². The number of aliphatic hydroxyl groups excluding tert-OH is 1. The first-order chi connectivity index (χ1) is 29.6. The molecule has 12 nitrogen and oxygen atoms in total. The van der Waals surface area contributed by atoms with Gasteiger partial charge in [0.1, 0.15) is 12.6 Å². The SMILES string of the molecule is CCCCC/C=C\C/C=C\CCCCCCCCCCCC(=O)OC[C@H](COP(=O)(O)OC[C@H](N)C(=O)O)OC(=O)CCC/C=C\C/C=C\C/C=C\C/C=C\CCCCCO. The number of aliphatic carboxylic acids is 1. The van der Waals surface area contributed by atoms with E-state index in [1.807, 2.05) is 12.2 Å². The number of unbranched alkanes of at least 4 members (excludes halogenated alkanes) is 16. The zero-order chi connectivity index (χ0) is 44.9. The Kier molecular flexibility index (Phi) is 41.3. The second-order valence-corrected chi connectivity index (χ2v) is 16.7. The molecule has 13 heteroatoms. The minimum Gasteiger partial charge on any atom is -0.480 e. The molecule has 0 bridgehead atoms. The second kappa shape index (κ2) is 43.5. The van der Waals surface area contributed by atoms with Gasteiger partial charge in [-0.2, -0.15) is 0 Å². The lowest BCUT2D eigenvalue weighted by Gasteiger charge is -2.20. The predicted octanol–water partition coefficient (Wildman–Crippen LogP) is 11.5. The number of carbonyl (C=O) groups is 3. The van der Waals surface area contributed by atoms with Crippen LogP contribution < -0.4 is 5.73 Å². The third kappa shape index (κ3) is 43.3. The molecule has 0 spiro atoms. The topological polar surface area (TPSA) is 192 Å². The van der Waals surface area contributed by atoms with Gasteiger partial charge < -0.3 is 30.3 Å². The highest BCUT2D eigenvalue weighted by Gasteiger charge is 2.28. The monoisotopic (exact) mass is 880 g/mol. The van der Waals surface area contributed by atoms with Crippen LogP contribution in [0.1, 0.15) is 174 Å². The van der Waals surface area contributed by atoms with Gasteiger partial charge in [0, 0.05) is 19.4 Å². The molecule has 0 aromatic rings. The summed E-state index contributed by atoms with van der Waals surface area (Å²) >= 11 is 0. The number of hydrogen-bond acceptors (Lipinski definition) is 10. The number of carboxylic acid groups (broad SMARTS) is 1. The first-order valence-corrected chi connectivity index (χ1v) is 24.6. The zero-order valence-electron chi connectivity index (χ0n) is 37.4. The summed E-state index contributed by atoms with van der Waals surface area (Å²) in [5, 5.41) is 17.7. The molecule has 0 aromatic carbocycles. The molecule has 0 aliphatic carbocycles. The molecule has 0 aliphatic heterocycles. The van der Waals surface area contributed by atoms with Crippen LogP contribution in [0.3, 0.4) is 0 Å². The Morgan fingerprint density at radius 3 is 1.44 bits per heavy atom. The Hall–Kier alpha value is -3.12. The van der Waals surface area contributed by atoms with Crippen molar-refractivity contribution in [2.24, 2.45) is 5.73 Å². The van der Waals surface area contributed by atoms with E-state index in [1.54, 1.807) is 0 Å². The fourth-order valence-corrected chi connectivity index (χ4v) is 6.61. The van der Waals surface area contributed by atoms with Gasteiger partial charge in [0.15, 0.2) is 6.10 Å². The number of phosphoric ester groups is 1. The number of aliphatic hydroxyl groups is 1. The third-order valence-corrected chi connectivity index (χ3v) is 10.4. The van der Waals surface area contributed by atoms with Crippen molar-refractivity contribution < 1.29 is 52.6 Å². The highest BCUT2D eigenvalue weighted by Crippen LogP contribution is 2.43. The van der Waals surface area contributed by atoms with E-state index in [2.05, 4.69) is 72.2 Å². The Balaban J connectivity index is 4.42. The average Bonchev–Trinajstić information content (AvgIpc) is 3.24. The van der Waals surface area contributed by atoms with Crippen LogP contribution in [-0.2, 0) is 37.5 Å². The van der Waals surface area contributed by atoms with Crippen LogP contribution in [-0.4, -0.2) is 71.6 Å². The summed E-state index contributed by atoms with van der Waals surface area (Å²) in [6, 6.07) is -1.54. The summed E-state index contributed by atoms with van der Waals surface area (Å²) in [4.78, 5) is 46.0. The third-order valence-electron chi connectivity index (χ3n) is 9.48. The van der Waals surface area contributed by atoms with Crippen LogP contribution in [0.5, 0.6) is 0 Å². The van der Waals surface area contributed by atoms with Crippen molar-refractivity contribution in [2.75, 3.05) is 26.4 Å². The minimum absolute atomic E-state index is 0.0714. The van der Waals surface area contributed by atoms with Crippen LogP contribution in [0.4, 0.5) is 0 Å². The van der Waals surface area contributed by atoms with Crippen molar-refractivity contribution in [2.45, 2.75) is 186 Å². The molecule has 61 heavy (non-hydrogen) atoms. The van der Waals surface area contributed by atoms with Gasteiger partial charge >= 0.3 is 25.7 Å². The van der Waals surface area contributed by atoms with Crippen LogP contribution in [0, 0.1) is 0 Å². The minimum atomic E-state index is -4.74. The van der Waals surface area contributed by atoms with E-state index in [0.29, 0.717) is 19.3 Å². The Morgan fingerprint density at radius 2 is 0.951 bits per heavy atom. The summed E-state index contributed by atoms with van der Waals surface area (Å²) in [5.41, 5.74) is 5.33. The molecule has 0 aliphatic rings. The predicted molar refractivity (Wildman–Crippen MR) is 246 cm³/mol. The van der Waals surface area contributed by atoms with Gasteiger partial charge in [-0.25, -0.2) is 4.57 Å². The number of carboxylic acids is 1. The quantitative estimate of drug-likeness (QED) is 0.0196. The van der Waals surface area contributed by atoms with E-state index in [4.69, 9.17) is 29.9 Å². The molecule has 350 valence electrons. The smallest absolute Gasteiger partial charge is 0.472 e. The number of hydrogen-bond donors (Lipinski definition) is 4. The van der Waals surface area contributed by atoms with Gasteiger partial charge in [0.25, 0.3) is 0 Å². The van der Waals surface area contributed by atoms with Crippen LogP contribution in [0.15, 0.2) is 72.9 Å². The molecule has 0 saturated heterocycles. The van der Waals surface area contributed by atoms with Crippen molar-refractivity contribution in [3.05, 3.63) is 72.9 Å². The molecule has 1 unspecified atom stereocenters. The summed E-state index contributed by atoms with van der Waals surface area (Å²) in [6.07, 6.45) is 49.8. The molecule has 5 N–H and O–H groups in total. The van der Waals surface area contributed by atoms with E-state index in [0.717, 1.165) is 77.0 Å². The summed E-state index contributed by atoms with van der Waals surface area (Å²) in [5.74, 6) is -2.48. The number of allylic oxidation sites excluding steroid dienone is 12. The summed E-state index contributed by atoms with van der Waals surface area (Å²) in [6.45, 7) is 0.721. The first kappa shape index (κ1) is 57.9. The molecule has 0 saturated carbocycles. The van der Waals surface area contributed by atoms with E-state index < -0.39 is 51.1 Å². The molecule has 0 radical (unpaired) electrons. The van der Waals surface area contributed by atoms with Gasteiger partial charge in [-0.3, -0.25) is 23.4 Å². The summed E-state index contributed by atoms with van der Waals surface area (Å²) in [7, 11) is -4.74. The van der Waals surface area contributed by atoms with Crippen LogP contribution in [0.2, 0.25) is 0 Å². The Morgan fingerprint density at radius 1 is 0.541 bits per heavy atom. The molecular weight excluding hydrogens is 797 g/mol. The maximum atomic E-state index is 12.6. The van der Waals surface area contributed by atoms with Crippen molar-refractivity contribution in [1.29, 1.82) is 0 Å². The van der Waals surface area contributed by atoms with Crippen molar-refractivity contribution in [3.8, 4) is 0 Å². The molecule has 0 amide bonds. The number of esters is 2. The fourth-order valence-electron chi connectivity index (χ4n) is 5.83. The van der Waals surface area contributed by atoms with Gasteiger partial charge in [-0.15, -0.1) is 0 Å². The van der Waals surface area contributed by atoms with Gasteiger partial charge in [-0.1, -0.05) is 144 Å². The highest BCUT2D eigenvalue weighted by molar-refractivity contribution is 7.47. The molecule has 3 atom stereocenters. The molecule has 0 rings (SSSR count). The maximum absolute atomic E-state index is 12.6. The Labute approximate surface area is 368 Å². The fraction of sp³-hybridized carbons (Fsp3) is 0.688. The number of ether oxygens (including phenoxy) is 2. The van der Waals surface area contributed by atoms with Crippen molar-refractivity contribution in [1.82, 2.24) is 0 Å². The lowest BCUT2D eigenvalue weighted by Crippen LogP contribution is -2.34. The van der Waals surface area contributed by atoms with Crippen molar-refractivity contribution in [3.63, 3.8) is 0 Å². The molecular formula is C48H82NO11P. The van der Waals surface area contributed by atoms with E-state index in [-0.39, 0.29) is 26.1 Å². The molecule has 0 fully saturated rings. The highest BCUT2D eigenvalue weighted by atomic mass is 31.2. The standard InChI is InChI=1S/C48H82NO11P/c1-2-3-4-5-6-7-8-9-10-11-12-14-17-20-23-26-29-32-35-38-46(51)57-41-44(42-58-61(55,56)59-43-45(49)48(53)54)60-47(52)39-36-33-30-27-24-21-18-15-13-16-19-22-25-28-31-34-37-40-50/h6-7,9-10,13,16,18,21-22,25,27,30,44-45,50H,2-5,8,11-12,14-15,17,19-20,23-24,26,28-29,31-43,49H2,1H3,(H,53,54)(H,55,56)/b7-6-,10-9-,16-13-,21-18-,25-22-,30-27-/t44-,45+/m1/s1. The first-order valence-electron chi connectivity index (χ1n) is 23.1. The number of rotatable bonds is 43. The largest absolute Gasteiger partial charge is 0.480 e. The van der Waals surface area contributed by atoms with Crippen molar-refractivity contribution >= 4 is 25.7 Å². The average molecular weight is 880 g/mol. The van der Waals surface area contributed by atoms with E-state index in [9.17, 15) is 23.8 Å². The number of nitrogens with two attached hydrogens (primary N) is 1.